The Hall–Kier alpha value is -2.57. The number of halogens is 3. The fourth-order valence-corrected chi connectivity index (χ4v) is 1.56. The van der Waals surface area contributed by atoms with Crippen molar-refractivity contribution in [1.82, 2.24) is 4.98 Å². The molecule has 0 spiro atoms. The number of carbonyl (C=O) groups excluding carboxylic acids is 1. The number of rotatable bonds is 3. The smallest absolute Gasteiger partial charge is 0.508 e. The Morgan fingerprint density at radius 1 is 1.25 bits per heavy atom. The Morgan fingerprint density at radius 3 is 2.60 bits per heavy atom. The van der Waals surface area contributed by atoms with Crippen molar-refractivity contribution in [3.8, 4) is 11.5 Å². The highest BCUT2D eigenvalue weighted by atomic mass is 19.4. The molecule has 104 valence electrons. The topological polar surface area (TPSA) is 59.4 Å². The molecule has 0 fully saturated rings. The second kappa shape index (κ2) is 5.20. The van der Waals surface area contributed by atoms with Gasteiger partial charge in [-0.2, -0.15) is 0 Å². The van der Waals surface area contributed by atoms with Gasteiger partial charge in [-0.1, -0.05) is 0 Å². The molecule has 0 radical (unpaired) electrons. The van der Waals surface area contributed by atoms with Crippen LogP contribution in [0.2, 0.25) is 0 Å². The number of hydrogen-bond acceptors (Lipinski definition) is 4. The molecule has 0 bridgehead atoms. The summed E-state index contributed by atoms with van der Waals surface area (Å²) in [5, 5.41) is 9.22. The first-order valence-electron chi connectivity index (χ1n) is 5.40. The van der Waals surface area contributed by atoms with Crippen LogP contribution in [0.5, 0.6) is 11.5 Å². The molecule has 0 unspecified atom stereocenters. The van der Waals surface area contributed by atoms with Crippen LogP contribution in [-0.4, -0.2) is 22.2 Å². The van der Waals surface area contributed by atoms with Gasteiger partial charge in [0.05, 0.1) is 5.56 Å². The molecule has 7 heteroatoms. The monoisotopic (exact) mass is 283 g/mol. The van der Waals surface area contributed by atoms with Crippen molar-refractivity contribution in [3.05, 3.63) is 53.9 Å². The third-order valence-corrected chi connectivity index (χ3v) is 2.36. The predicted octanol–water partition coefficient (Wildman–Crippen LogP) is 2.92. The first kappa shape index (κ1) is 13.9. The van der Waals surface area contributed by atoms with Crippen LogP contribution in [0.1, 0.15) is 15.9 Å². The molecular weight excluding hydrogens is 275 g/mol. The fraction of sp³-hybridized carbons (Fsp3) is 0.0769. The summed E-state index contributed by atoms with van der Waals surface area (Å²) in [6, 6.07) is 5.80. The average molecular weight is 283 g/mol. The highest BCUT2D eigenvalue weighted by Crippen LogP contribution is 2.31. The zero-order chi connectivity index (χ0) is 14.8. The number of phenols is 1. The van der Waals surface area contributed by atoms with Gasteiger partial charge in [0, 0.05) is 24.0 Å². The van der Waals surface area contributed by atoms with Crippen LogP contribution in [0.3, 0.4) is 0 Å². The van der Waals surface area contributed by atoms with Gasteiger partial charge in [-0.05, 0) is 24.3 Å². The van der Waals surface area contributed by atoms with Crippen LogP contribution >= 0.6 is 0 Å². The van der Waals surface area contributed by atoms with E-state index in [1.54, 1.807) is 0 Å². The molecule has 1 aromatic heterocycles. The number of nitrogens with zero attached hydrogens (tertiary/aromatic N) is 1. The quantitative estimate of drug-likeness (QED) is 0.880. The van der Waals surface area contributed by atoms with Crippen molar-refractivity contribution in [2.75, 3.05) is 0 Å². The van der Waals surface area contributed by atoms with E-state index in [-0.39, 0.29) is 11.1 Å². The van der Waals surface area contributed by atoms with Gasteiger partial charge >= 0.3 is 6.36 Å². The third-order valence-electron chi connectivity index (χ3n) is 2.36. The van der Waals surface area contributed by atoms with Gasteiger partial charge in [0.15, 0.2) is 5.78 Å². The maximum Gasteiger partial charge on any atom is 0.573 e. The lowest BCUT2D eigenvalue weighted by Gasteiger charge is -2.12. The minimum absolute atomic E-state index is 0.116. The lowest BCUT2D eigenvalue weighted by Crippen LogP contribution is -2.19. The molecule has 0 saturated carbocycles. The van der Waals surface area contributed by atoms with E-state index >= 15 is 0 Å². The van der Waals surface area contributed by atoms with Gasteiger partial charge in [-0.15, -0.1) is 13.2 Å². The summed E-state index contributed by atoms with van der Waals surface area (Å²) in [4.78, 5) is 15.8. The zero-order valence-electron chi connectivity index (χ0n) is 9.89. The van der Waals surface area contributed by atoms with Crippen molar-refractivity contribution in [2.24, 2.45) is 0 Å². The summed E-state index contributed by atoms with van der Waals surface area (Å²) in [6.07, 6.45) is -2.30. The molecule has 0 aliphatic carbocycles. The van der Waals surface area contributed by atoms with Crippen LogP contribution < -0.4 is 4.74 Å². The van der Waals surface area contributed by atoms with Crippen LogP contribution in [0, 0.1) is 0 Å². The third kappa shape index (κ3) is 3.25. The number of phenolic OH excluding ortho intramolecular Hbond substituents is 1. The summed E-state index contributed by atoms with van der Waals surface area (Å²) in [7, 11) is 0. The van der Waals surface area contributed by atoms with E-state index in [1.807, 2.05) is 0 Å². The van der Waals surface area contributed by atoms with Gasteiger partial charge < -0.3 is 9.84 Å². The molecular formula is C13H8F3NO3. The number of aromatic nitrogens is 1. The minimum atomic E-state index is -4.96. The number of ether oxygens (including phenoxy) is 1. The van der Waals surface area contributed by atoms with Gasteiger partial charge in [0.25, 0.3) is 0 Å². The van der Waals surface area contributed by atoms with Crippen LogP contribution in [0.15, 0.2) is 42.7 Å². The highest BCUT2D eigenvalue weighted by Gasteiger charge is 2.33. The number of alkyl halides is 3. The zero-order valence-corrected chi connectivity index (χ0v) is 9.89. The summed E-state index contributed by atoms with van der Waals surface area (Å²) in [6.45, 7) is 0. The standard InChI is InChI=1S/C13H8F3NO3/c14-13(15,16)20-11-6-9(18)3-4-10(11)12(19)8-2-1-5-17-7-8/h1-7,18H. The van der Waals surface area contributed by atoms with Crippen molar-refractivity contribution in [1.29, 1.82) is 0 Å². The summed E-state index contributed by atoms with van der Waals surface area (Å²) < 4.78 is 40.6. The maximum absolute atomic E-state index is 12.3. The van der Waals surface area contributed by atoms with E-state index in [2.05, 4.69) is 9.72 Å². The maximum atomic E-state index is 12.3. The molecule has 2 rings (SSSR count). The number of pyridine rings is 1. The normalized spacial score (nSPS) is 11.2. The van der Waals surface area contributed by atoms with Crippen LogP contribution in [0.4, 0.5) is 13.2 Å². The summed E-state index contributed by atoms with van der Waals surface area (Å²) in [5.74, 6) is -1.88. The molecule has 20 heavy (non-hydrogen) atoms. The van der Waals surface area contributed by atoms with Gasteiger partial charge in [-0.3, -0.25) is 9.78 Å². The minimum Gasteiger partial charge on any atom is -0.508 e. The van der Waals surface area contributed by atoms with E-state index in [4.69, 9.17) is 0 Å². The molecule has 0 amide bonds. The Bertz CT molecular complexity index is 627. The Morgan fingerprint density at radius 2 is 2.00 bits per heavy atom. The second-order valence-electron chi connectivity index (χ2n) is 3.80. The van der Waals surface area contributed by atoms with E-state index in [0.29, 0.717) is 0 Å². The van der Waals surface area contributed by atoms with Gasteiger partial charge in [0.2, 0.25) is 0 Å². The summed E-state index contributed by atoms with van der Waals surface area (Å²) in [5.41, 5.74) is -0.196. The Kier molecular flexibility index (Phi) is 3.60. The highest BCUT2D eigenvalue weighted by molar-refractivity contribution is 6.10. The molecule has 0 aliphatic rings. The van der Waals surface area contributed by atoms with Crippen molar-refractivity contribution >= 4 is 5.78 Å². The lowest BCUT2D eigenvalue weighted by molar-refractivity contribution is -0.274. The molecule has 2 aromatic rings. The van der Waals surface area contributed by atoms with E-state index in [0.717, 1.165) is 18.2 Å². The molecule has 1 aromatic carbocycles. The first-order chi connectivity index (χ1) is 9.37. The Labute approximate surface area is 111 Å². The SMILES string of the molecule is O=C(c1cccnc1)c1ccc(O)cc1OC(F)(F)F. The van der Waals surface area contributed by atoms with Crippen molar-refractivity contribution in [3.63, 3.8) is 0 Å². The largest absolute Gasteiger partial charge is 0.573 e. The van der Waals surface area contributed by atoms with Crippen molar-refractivity contribution < 1.29 is 27.8 Å². The van der Waals surface area contributed by atoms with Crippen LogP contribution in [0.25, 0.3) is 0 Å². The molecule has 4 nitrogen and oxygen atoms in total. The number of benzene rings is 1. The predicted molar refractivity (Wildman–Crippen MR) is 62.5 cm³/mol. The Balaban J connectivity index is 2.43. The second-order valence-corrected chi connectivity index (χ2v) is 3.80. The number of ketones is 1. The van der Waals surface area contributed by atoms with Gasteiger partial charge in [0.1, 0.15) is 11.5 Å². The van der Waals surface area contributed by atoms with Gasteiger partial charge in [-0.25, -0.2) is 0 Å². The molecule has 1 heterocycles. The molecule has 0 atom stereocenters. The number of aromatic hydroxyl groups is 1. The first-order valence-corrected chi connectivity index (χ1v) is 5.40. The lowest BCUT2D eigenvalue weighted by atomic mass is 10.0. The number of hydrogen-bond donors (Lipinski definition) is 1. The summed E-state index contributed by atoms with van der Waals surface area (Å²) >= 11 is 0. The average Bonchev–Trinajstić information content (AvgIpc) is 2.37. The fourth-order valence-electron chi connectivity index (χ4n) is 1.56. The number of carbonyl (C=O) groups is 1. The van der Waals surface area contributed by atoms with E-state index in [9.17, 15) is 23.1 Å². The molecule has 0 aliphatic heterocycles. The molecule has 0 saturated heterocycles. The van der Waals surface area contributed by atoms with Crippen LogP contribution in [-0.2, 0) is 0 Å². The van der Waals surface area contributed by atoms with E-state index in [1.165, 1.54) is 24.5 Å². The molecule has 1 N–H and O–H groups in total. The van der Waals surface area contributed by atoms with E-state index < -0.39 is 23.6 Å². The van der Waals surface area contributed by atoms with Crippen molar-refractivity contribution in [2.45, 2.75) is 6.36 Å².